The van der Waals surface area contributed by atoms with Crippen molar-refractivity contribution < 1.29 is 9.53 Å². The van der Waals surface area contributed by atoms with Crippen molar-refractivity contribution in [2.75, 3.05) is 0 Å². The van der Waals surface area contributed by atoms with Gasteiger partial charge in [-0.25, -0.2) is 4.98 Å². The number of ether oxygens (including phenoxy) is 1. The molecule has 0 bridgehead atoms. The van der Waals surface area contributed by atoms with Gasteiger partial charge in [0.15, 0.2) is 5.75 Å². The predicted molar refractivity (Wildman–Crippen MR) is 76.4 cm³/mol. The first kappa shape index (κ1) is 11.9. The molecule has 0 spiro atoms. The first-order valence-electron chi connectivity index (χ1n) is 5.87. The second kappa shape index (κ2) is 4.82. The first-order chi connectivity index (χ1) is 9.25. The summed E-state index contributed by atoms with van der Waals surface area (Å²) in [6, 6.07) is 13.6. The van der Waals surface area contributed by atoms with Crippen LogP contribution < -0.4 is 4.74 Å². The summed E-state index contributed by atoms with van der Waals surface area (Å²) < 4.78 is 5.38. The van der Waals surface area contributed by atoms with Crippen LogP contribution in [0.1, 0.15) is 6.92 Å². The van der Waals surface area contributed by atoms with Crippen LogP contribution in [0.15, 0.2) is 48.7 Å². The van der Waals surface area contributed by atoms with Crippen LogP contribution >= 0.6 is 11.3 Å². The molecule has 0 unspecified atom stereocenters. The van der Waals surface area contributed by atoms with E-state index in [2.05, 4.69) is 4.98 Å². The zero-order chi connectivity index (χ0) is 13.2. The van der Waals surface area contributed by atoms with Gasteiger partial charge < -0.3 is 4.74 Å². The van der Waals surface area contributed by atoms with Crippen LogP contribution in [0, 0.1) is 0 Å². The number of carbonyl (C=O) groups excluding carboxylic acids is 1. The van der Waals surface area contributed by atoms with Gasteiger partial charge in [0.2, 0.25) is 0 Å². The molecule has 1 aromatic carbocycles. The Kier molecular flexibility index (Phi) is 3.01. The lowest BCUT2D eigenvalue weighted by Crippen LogP contribution is -2.01. The lowest BCUT2D eigenvalue weighted by molar-refractivity contribution is -0.131. The molecule has 0 amide bonds. The topological polar surface area (TPSA) is 39.2 Å². The highest BCUT2D eigenvalue weighted by Gasteiger charge is 2.17. The molecule has 0 atom stereocenters. The van der Waals surface area contributed by atoms with Crippen LogP contribution in [0.2, 0.25) is 0 Å². The normalized spacial score (nSPS) is 10.6. The van der Waals surface area contributed by atoms with E-state index in [-0.39, 0.29) is 5.97 Å². The summed E-state index contributed by atoms with van der Waals surface area (Å²) in [6.07, 6.45) is 1.74. The molecule has 0 aliphatic rings. The Morgan fingerprint density at radius 2 is 1.95 bits per heavy atom. The Balaban J connectivity index is 2.26. The van der Waals surface area contributed by atoms with E-state index < -0.39 is 0 Å². The lowest BCUT2D eigenvalue weighted by atomic mass is 10.1. The average Bonchev–Trinajstić information content (AvgIpc) is 2.78. The zero-order valence-corrected chi connectivity index (χ0v) is 11.1. The summed E-state index contributed by atoms with van der Waals surface area (Å²) in [6.45, 7) is 1.41. The van der Waals surface area contributed by atoms with E-state index in [1.165, 1.54) is 18.3 Å². The van der Waals surface area contributed by atoms with Crippen LogP contribution in [0.4, 0.5) is 0 Å². The SMILES string of the molecule is CC(=O)Oc1c(-c2ccccc2)sc2ncccc12. The molecule has 3 aromatic rings. The summed E-state index contributed by atoms with van der Waals surface area (Å²) in [5, 5.41) is 0.876. The second-order valence-corrected chi connectivity index (χ2v) is 5.08. The number of fused-ring (bicyclic) bond motifs is 1. The standard InChI is InChI=1S/C15H11NO2S/c1-10(17)18-13-12-8-5-9-16-15(12)19-14(13)11-6-3-2-4-7-11/h2-9H,1H3. The molecule has 0 saturated carbocycles. The highest BCUT2D eigenvalue weighted by molar-refractivity contribution is 7.22. The number of nitrogens with zero attached hydrogens (tertiary/aromatic N) is 1. The minimum atomic E-state index is -0.319. The van der Waals surface area contributed by atoms with Crippen LogP contribution in [-0.4, -0.2) is 11.0 Å². The lowest BCUT2D eigenvalue weighted by Gasteiger charge is -2.03. The van der Waals surface area contributed by atoms with E-state index in [4.69, 9.17) is 4.74 Å². The van der Waals surface area contributed by atoms with E-state index in [1.807, 2.05) is 42.5 Å². The molecular weight excluding hydrogens is 258 g/mol. The third kappa shape index (κ3) is 2.22. The van der Waals surface area contributed by atoms with Crippen molar-refractivity contribution in [3.05, 3.63) is 48.7 Å². The largest absolute Gasteiger partial charge is 0.424 e. The van der Waals surface area contributed by atoms with Gasteiger partial charge in [-0.15, -0.1) is 11.3 Å². The smallest absolute Gasteiger partial charge is 0.308 e. The van der Waals surface area contributed by atoms with Crippen molar-refractivity contribution in [2.45, 2.75) is 6.92 Å². The van der Waals surface area contributed by atoms with E-state index >= 15 is 0 Å². The average molecular weight is 269 g/mol. The highest BCUT2D eigenvalue weighted by Crippen LogP contribution is 2.43. The van der Waals surface area contributed by atoms with Crippen molar-refractivity contribution in [3.8, 4) is 16.2 Å². The summed E-state index contributed by atoms with van der Waals surface area (Å²) in [5.41, 5.74) is 1.03. The minimum absolute atomic E-state index is 0.319. The summed E-state index contributed by atoms with van der Waals surface area (Å²) in [4.78, 5) is 17.4. The van der Waals surface area contributed by atoms with Crippen molar-refractivity contribution >= 4 is 27.5 Å². The van der Waals surface area contributed by atoms with Gasteiger partial charge in [-0.3, -0.25) is 4.79 Å². The fourth-order valence-electron chi connectivity index (χ4n) is 1.93. The fourth-order valence-corrected chi connectivity index (χ4v) is 3.01. The summed E-state index contributed by atoms with van der Waals surface area (Å²) >= 11 is 1.53. The quantitative estimate of drug-likeness (QED) is 0.662. The Bertz CT molecular complexity index is 734. The molecule has 3 nitrogen and oxygen atoms in total. The molecule has 0 fully saturated rings. The van der Waals surface area contributed by atoms with Gasteiger partial charge >= 0.3 is 5.97 Å². The molecular formula is C15H11NO2S. The van der Waals surface area contributed by atoms with Crippen LogP contribution in [-0.2, 0) is 4.79 Å². The molecule has 0 radical (unpaired) electrons. The number of pyridine rings is 1. The molecule has 0 N–H and O–H groups in total. The van der Waals surface area contributed by atoms with E-state index in [9.17, 15) is 4.79 Å². The minimum Gasteiger partial charge on any atom is -0.424 e. The number of carbonyl (C=O) groups is 1. The highest BCUT2D eigenvalue weighted by atomic mass is 32.1. The maximum atomic E-state index is 11.3. The Labute approximate surface area is 114 Å². The van der Waals surface area contributed by atoms with E-state index in [1.54, 1.807) is 6.20 Å². The molecule has 94 valence electrons. The van der Waals surface area contributed by atoms with Crippen molar-refractivity contribution in [2.24, 2.45) is 0 Å². The second-order valence-electron chi connectivity index (χ2n) is 4.08. The third-order valence-corrected chi connectivity index (χ3v) is 3.85. The number of hydrogen-bond acceptors (Lipinski definition) is 4. The number of aromatic nitrogens is 1. The third-order valence-electron chi connectivity index (χ3n) is 2.70. The van der Waals surface area contributed by atoms with E-state index in [0.717, 1.165) is 20.7 Å². The maximum Gasteiger partial charge on any atom is 0.308 e. The molecule has 19 heavy (non-hydrogen) atoms. The Morgan fingerprint density at radius 1 is 1.16 bits per heavy atom. The Morgan fingerprint density at radius 3 is 2.68 bits per heavy atom. The van der Waals surface area contributed by atoms with Gasteiger partial charge in [0.05, 0.1) is 10.3 Å². The van der Waals surface area contributed by atoms with Gasteiger partial charge in [0, 0.05) is 13.1 Å². The number of esters is 1. The van der Waals surface area contributed by atoms with Crippen LogP contribution in [0.25, 0.3) is 20.7 Å². The molecule has 2 aromatic heterocycles. The van der Waals surface area contributed by atoms with Crippen LogP contribution in [0.5, 0.6) is 5.75 Å². The number of hydrogen-bond donors (Lipinski definition) is 0. The van der Waals surface area contributed by atoms with Gasteiger partial charge in [-0.1, -0.05) is 30.3 Å². The van der Waals surface area contributed by atoms with Crippen molar-refractivity contribution in [1.29, 1.82) is 0 Å². The summed E-state index contributed by atoms with van der Waals surface area (Å²) in [5.74, 6) is 0.285. The number of benzene rings is 1. The Hall–Kier alpha value is -2.20. The van der Waals surface area contributed by atoms with E-state index in [0.29, 0.717) is 5.75 Å². The van der Waals surface area contributed by atoms with Gasteiger partial charge in [-0.2, -0.15) is 0 Å². The monoisotopic (exact) mass is 269 g/mol. The van der Waals surface area contributed by atoms with Gasteiger partial charge in [0.25, 0.3) is 0 Å². The van der Waals surface area contributed by atoms with Crippen molar-refractivity contribution in [1.82, 2.24) is 4.98 Å². The van der Waals surface area contributed by atoms with Gasteiger partial charge in [0.1, 0.15) is 4.83 Å². The zero-order valence-electron chi connectivity index (χ0n) is 10.3. The number of thiophene rings is 1. The maximum absolute atomic E-state index is 11.3. The number of rotatable bonds is 2. The summed E-state index contributed by atoms with van der Waals surface area (Å²) in [7, 11) is 0. The first-order valence-corrected chi connectivity index (χ1v) is 6.68. The molecule has 3 rings (SSSR count). The predicted octanol–water partition coefficient (Wildman–Crippen LogP) is 3.89. The van der Waals surface area contributed by atoms with Crippen LogP contribution in [0.3, 0.4) is 0 Å². The van der Waals surface area contributed by atoms with Gasteiger partial charge in [-0.05, 0) is 17.7 Å². The molecule has 0 aliphatic carbocycles. The molecule has 2 heterocycles. The van der Waals surface area contributed by atoms with Crippen molar-refractivity contribution in [3.63, 3.8) is 0 Å². The molecule has 4 heteroatoms. The fraction of sp³-hybridized carbons (Fsp3) is 0.0667. The molecule has 0 aliphatic heterocycles. The molecule has 0 saturated heterocycles.